The minimum Gasteiger partial charge on any atom is -0.172 e. The van der Waals surface area contributed by atoms with Gasteiger partial charge in [0.15, 0.2) is 0 Å². The second-order valence-electron chi connectivity index (χ2n) is 7.51. The van der Waals surface area contributed by atoms with Crippen molar-refractivity contribution in [1.82, 2.24) is 0 Å². The molecule has 134 valence electrons. The molecule has 4 aromatic carbocycles. The predicted octanol–water partition coefficient (Wildman–Crippen LogP) is 5.28. The smallest absolute Gasteiger partial charge is 0.0990 e. The molecule has 0 unspecified atom stereocenters. The minimum atomic E-state index is 1.17. The van der Waals surface area contributed by atoms with Gasteiger partial charge in [0.2, 0.25) is 0 Å². The van der Waals surface area contributed by atoms with E-state index in [4.69, 9.17) is 0 Å². The van der Waals surface area contributed by atoms with Gasteiger partial charge in [-0.1, -0.05) is 36.1 Å². The molecular weight excluding hydrogens is 348 g/mol. The fraction of sp³-hybridized carbons (Fsp3) is 0. The largest absolute Gasteiger partial charge is 0.172 e. The maximum atomic E-state index is 3.88. The van der Waals surface area contributed by atoms with E-state index in [1.54, 1.807) is 0 Å². The van der Waals surface area contributed by atoms with Gasteiger partial charge in [0, 0.05) is 18.6 Å². The zero-order chi connectivity index (χ0) is 19.2. The van der Waals surface area contributed by atoms with Gasteiger partial charge in [0.1, 0.15) is 0 Å². The van der Waals surface area contributed by atoms with Gasteiger partial charge in [-0.25, -0.2) is 0 Å². The number of hydrogen-bond donors (Lipinski definition) is 0. The van der Waals surface area contributed by atoms with Gasteiger partial charge in [-0.15, -0.1) is 10.8 Å². The standard InChI is InChI=1S/C29H18/c1-5-13-24-20(9-1)17-21-10-2-6-14-25(21)28(24)19-29-26-15-7-3-11-22(26)18-23-12-4-8-16-27(23)29/h1-18H. The van der Waals surface area contributed by atoms with E-state index in [-0.39, 0.29) is 0 Å². The molecule has 0 atom stereocenters. The van der Waals surface area contributed by atoms with Crippen LogP contribution in [0.25, 0.3) is 34.2 Å². The number of allylic oxidation sites excluding steroid dienone is 1. The summed E-state index contributed by atoms with van der Waals surface area (Å²) in [6.07, 6.45) is 10.9. The molecule has 0 amide bonds. The maximum absolute atomic E-state index is 3.88. The molecule has 0 radical (unpaired) electrons. The van der Waals surface area contributed by atoms with Crippen LogP contribution in [0.1, 0.15) is 27.8 Å². The van der Waals surface area contributed by atoms with Gasteiger partial charge >= 0.3 is 0 Å². The predicted molar refractivity (Wildman–Crippen MR) is 122 cm³/mol. The van der Waals surface area contributed by atoms with Crippen LogP contribution in [0.5, 0.6) is 0 Å². The van der Waals surface area contributed by atoms with Gasteiger partial charge in [-0.05, 0) is 52.4 Å². The highest BCUT2D eigenvalue weighted by Crippen LogP contribution is 2.36. The van der Waals surface area contributed by atoms with Crippen LogP contribution in [0.4, 0.5) is 0 Å². The number of fused-ring (bicyclic) bond motifs is 4. The molecule has 0 spiro atoms. The monoisotopic (exact) mass is 366 g/mol. The summed E-state index contributed by atoms with van der Waals surface area (Å²) in [5.41, 5.74) is 11.3. The van der Waals surface area contributed by atoms with Crippen molar-refractivity contribution in [2.75, 3.05) is 0 Å². The summed E-state index contributed by atoms with van der Waals surface area (Å²) in [4.78, 5) is 0. The highest BCUT2D eigenvalue weighted by Gasteiger charge is 2.26. The lowest BCUT2D eigenvalue weighted by molar-refractivity contribution is 1.34. The summed E-state index contributed by atoms with van der Waals surface area (Å²) >= 11 is 0. The van der Waals surface area contributed by atoms with Crippen LogP contribution in [0.2, 0.25) is 0 Å². The molecule has 0 heteroatoms. The third-order valence-electron chi connectivity index (χ3n) is 5.79. The molecule has 6 rings (SSSR count). The summed E-state index contributed by atoms with van der Waals surface area (Å²) < 4.78 is 0. The Hall–Kier alpha value is -3.86. The summed E-state index contributed by atoms with van der Waals surface area (Å²) in [6, 6.07) is 28.1. The molecule has 0 fully saturated rings. The lowest BCUT2D eigenvalue weighted by Gasteiger charge is -2.16. The Labute approximate surface area is 170 Å². The molecule has 0 aromatic heterocycles. The number of rotatable bonds is 0. The van der Waals surface area contributed by atoms with Gasteiger partial charge in [-0.2, -0.15) is 24.6 Å². The SMILES string of the molecule is C(=C1c2ccccc2[CH+]c2ccccc21)=c1c2c(cc3ccccc13)C=C[CH-]C=2. The molecule has 0 aliphatic heterocycles. The van der Waals surface area contributed by atoms with Crippen molar-refractivity contribution in [1.29, 1.82) is 0 Å². The second kappa shape index (κ2) is 6.34. The van der Waals surface area contributed by atoms with Gasteiger partial charge in [-0.3, -0.25) is 0 Å². The molecule has 0 N–H and O–H groups in total. The van der Waals surface area contributed by atoms with Crippen LogP contribution in [0.3, 0.4) is 0 Å². The topological polar surface area (TPSA) is 0 Å². The van der Waals surface area contributed by atoms with Crippen LogP contribution in [0, 0.1) is 12.8 Å². The Balaban J connectivity index is 1.87. The molecule has 2 aliphatic carbocycles. The van der Waals surface area contributed by atoms with E-state index in [1.165, 1.54) is 54.6 Å². The quantitative estimate of drug-likeness (QED) is 0.327. The van der Waals surface area contributed by atoms with Crippen molar-refractivity contribution in [3.8, 4) is 0 Å². The van der Waals surface area contributed by atoms with E-state index in [2.05, 4.69) is 116 Å². The van der Waals surface area contributed by atoms with Crippen molar-refractivity contribution < 1.29 is 0 Å². The molecule has 29 heavy (non-hydrogen) atoms. The zero-order valence-electron chi connectivity index (χ0n) is 15.9. The van der Waals surface area contributed by atoms with Gasteiger partial charge in [0.25, 0.3) is 0 Å². The molecule has 0 nitrogen and oxygen atoms in total. The van der Waals surface area contributed by atoms with Crippen molar-refractivity contribution in [3.05, 3.63) is 136 Å². The molecule has 0 heterocycles. The van der Waals surface area contributed by atoms with E-state index in [9.17, 15) is 0 Å². The Kier molecular flexibility index (Phi) is 3.53. The third-order valence-corrected chi connectivity index (χ3v) is 5.79. The van der Waals surface area contributed by atoms with Gasteiger partial charge in [0.05, 0.1) is 27.8 Å². The van der Waals surface area contributed by atoms with Crippen LogP contribution < -0.4 is 10.4 Å². The Bertz CT molecular complexity index is 1430. The lowest BCUT2D eigenvalue weighted by Crippen LogP contribution is -2.28. The van der Waals surface area contributed by atoms with Crippen molar-refractivity contribution in [2.45, 2.75) is 0 Å². The summed E-state index contributed by atoms with van der Waals surface area (Å²) in [5, 5.41) is 4.89. The van der Waals surface area contributed by atoms with E-state index >= 15 is 0 Å². The Morgan fingerprint density at radius 1 is 0.759 bits per heavy atom. The normalized spacial score (nSPS) is 13.3. The third kappa shape index (κ3) is 2.55. The fourth-order valence-electron chi connectivity index (χ4n) is 4.42. The molecule has 2 aliphatic rings. The van der Waals surface area contributed by atoms with Crippen molar-refractivity contribution in [3.63, 3.8) is 0 Å². The Morgan fingerprint density at radius 2 is 1.45 bits per heavy atom. The fourth-order valence-corrected chi connectivity index (χ4v) is 4.42. The molecular formula is C29H18. The minimum absolute atomic E-state index is 1.17. The average Bonchev–Trinajstić information content (AvgIpc) is 2.78. The zero-order valence-corrected chi connectivity index (χ0v) is 15.9. The first kappa shape index (κ1) is 16.1. The molecule has 0 saturated carbocycles. The molecule has 0 bridgehead atoms. The highest BCUT2D eigenvalue weighted by atomic mass is 14.2. The first-order valence-electron chi connectivity index (χ1n) is 9.96. The average molecular weight is 366 g/mol. The summed E-state index contributed by atoms with van der Waals surface area (Å²) in [7, 11) is 0. The maximum Gasteiger partial charge on any atom is 0.0990 e. The summed E-state index contributed by atoms with van der Waals surface area (Å²) in [5.74, 6) is 0. The summed E-state index contributed by atoms with van der Waals surface area (Å²) in [6.45, 7) is 0. The van der Waals surface area contributed by atoms with Gasteiger partial charge < -0.3 is 0 Å². The van der Waals surface area contributed by atoms with E-state index in [0.717, 1.165) is 0 Å². The lowest BCUT2D eigenvalue weighted by atomic mass is 9.82. The van der Waals surface area contributed by atoms with Crippen molar-refractivity contribution in [2.24, 2.45) is 0 Å². The Morgan fingerprint density at radius 3 is 2.24 bits per heavy atom. The van der Waals surface area contributed by atoms with Crippen LogP contribution in [-0.4, -0.2) is 0 Å². The van der Waals surface area contributed by atoms with Crippen LogP contribution in [-0.2, 0) is 0 Å². The first-order chi connectivity index (χ1) is 14.4. The van der Waals surface area contributed by atoms with E-state index in [1.807, 2.05) is 0 Å². The van der Waals surface area contributed by atoms with Crippen molar-refractivity contribution >= 4 is 34.2 Å². The van der Waals surface area contributed by atoms with E-state index in [0.29, 0.717) is 0 Å². The van der Waals surface area contributed by atoms with E-state index < -0.39 is 0 Å². The molecule has 0 saturated heterocycles. The van der Waals surface area contributed by atoms with Crippen LogP contribution in [0.15, 0.2) is 84.9 Å². The first-order valence-corrected chi connectivity index (χ1v) is 9.96. The molecule has 4 aromatic rings. The van der Waals surface area contributed by atoms with Crippen LogP contribution >= 0.6 is 0 Å². The second-order valence-corrected chi connectivity index (χ2v) is 7.51. The number of benzene rings is 4. The number of hydrogen-bond acceptors (Lipinski definition) is 0. The highest BCUT2D eigenvalue weighted by molar-refractivity contribution is 5.95.